The molecular weight excluding hydrogens is 372 g/mol. The number of hydrogen-bond acceptors (Lipinski definition) is 4. The van der Waals surface area contributed by atoms with E-state index in [-0.39, 0.29) is 23.3 Å². The number of nitrogens with zero attached hydrogens (tertiary/aromatic N) is 3. The van der Waals surface area contributed by atoms with Crippen LogP contribution in [-0.2, 0) is 11.2 Å². The summed E-state index contributed by atoms with van der Waals surface area (Å²) in [5, 5.41) is 0.603. The first-order chi connectivity index (χ1) is 13.5. The van der Waals surface area contributed by atoms with Crippen molar-refractivity contribution < 1.29 is 4.79 Å². The van der Waals surface area contributed by atoms with Gasteiger partial charge in [0.15, 0.2) is 5.16 Å². The Kier molecular flexibility index (Phi) is 5.02. The third-order valence-electron chi connectivity index (χ3n) is 5.33. The highest BCUT2D eigenvalue weighted by molar-refractivity contribution is 7.99. The quantitative estimate of drug-likeness (QED) is 0.527. The second kappa shape index (κ2) is 7.47. The van der Waals surface area contributed by atoms with Crippen LogP contribution < -0.4 is 10.5 Å². The van der Waals surface area contributed by atoms with E-state index in [9.17, 15) is 9.59 Å². The second-order valence-electron chi connectivity index (χ2n) is 7.25. The summed E-state index contributed by atoms with van der Waals surface area (Å²) < 4.78 is 1.72. The fraction of sp³-hybridized carbons (Fsp3) is 0.381. The van der Waals surface area contributed by atoms with Crippen LogP contribution in [0.1, 0.15) is 37.6 Å². The first-order valence-electron chi connectivity index (χ1n) is 9.62. The lowest BCUT2D eigenvalue weighted by Gasteiger charge is -2.19. The van der Waals surface area contributed by atoms with Crippen LogP contribution in [0.5, 0.6) is 0 Å². The first-order valence-corrected chi connectivity index (χ1v) is 10.6. The molecule has 1 aromatic carbocycles. The lowest BCUT2D eigenvalue weighted by Crippen LogP contribution is -2.31. The highest BCUT2D eigenvalue weighted by Crippen LogP contribution is 2.29. The van der Waals surface area contributed by atoms with Crippen molar-refractivity contribution in [1.29, 1.82) is 0 Å². The number of amides is 1. The van der Waals surface area contributed by atoms with Gasteiger partial charge in [0.05, 0.1) is 11.3 Å². The van der Waals surface area contributed by atoms with E-state index < -0.39 is 0 Å². The lowest BCUT2D eigenvalue weighted by atomic mass is 10.2. The van der Waals surface area contributed by atoms with Gasteiger partial charge in [-0.1, -0.05) is 36.9 Å². The van der Waals surface area contributed by atoms with E-state index in [2.05, 4.69) is 11.1 Å². The van der Waals surface area contributed by atoms with Gasteiger partial charge in [-0.25, -0.2) is 4.98 Å². The number of fused-ring (bicyclic) bond motifs is 2. The van der Waals surface area contributed by atoms with Gasteiger partial charge < -0.3 is 9.88 Å². The van der Waals surface area contributed by atoms with Crippen molar-refractivity contribution in [1.82, 2.24) is 14.5 Å². The Morgan fingerprint density at radius 2 is 2.14 bits per heavy atom. The Morgan fingerprint density at radius 1 is 1.36 bits per heavy atom. The van der Waals surface area contributed by atoms with Crippen LogP contribution in [0.25, 0.3) is 11.0 Å². The molecule has 0 aliphatic carbocycles. The number of aryl methyl sites for hydroxylation is 1. The Labute approximate surface area is 168 Å². The molecule has 0 spiro atoms. The van der Waals surface area contributed by atoms with Crippen LogP contribution in [0.2, 0.25) is 0 Å². The number of aromatic nitrogens is 3. The van der Waals surface area contributed by atoms with Crippen molar-refractivity contribution in [2.45, 2.75) is 44.8 Å². The topological polar surface area (TPSA) is 71.0 Å². The number of anilines is 1. The summed E-state index contributed by atoms with van der Waals surface area (Å²) in [5.41, 5.74) is 4.22. The van der Waals surface area contributed by atoms with Crippen molar-refractivity contribution in [3.05, 3.63) is 51.9 Å². The smallest absolute Gasteiger partial charge is 0.278 e. The number of aromatic amines is 1. The summed E-state index contributed by atoms with van der Waals surface area (Å²) in [4.78, 5) is 35.5. The molecule has 1 aliphatic heterocycles. The predicted octanol–water partition coefficient (Wildman–Crippen LogP) is 3.69. The number of carbonyl (C=O) groups is 1. The standard InChI is InChI=1S/C21H24N4O2S/c1-4-14(3)25-20(27)19-16(11-13(2)22-19)23-21(25)28-12-18(26)24-10-9-15-7-5-6-8-17(15)24/h5-8,11,14,22H,4,9-10,12H2,1-3H3/t14-/m1/s1. The molecule has 7 heteroatoms. The van der Waals surface area contributed by atoms with Crippen LogP contribution in [0.3, 0.4) is 0 Å². The molecule has 1 aliphatic rings. The molecule has 1 atom stereocenters. The van der Waals surface area contributed by atoms with E-state index in [0.29, 0.717) is 22.7 Å². The Morgan fingerprint density at radius 3 is 2.93 bits per heavy atom. The van der Waals surface area contributed by atoms with Crippen molar-refractivity contribution in [2.75, 3.05) is 17.2 Å². The highest BCUT2D eigenvalue weighted by Gasteiger charge is 2.25. The molecule has 3 aromatic rings. The fourth-order valence-corrected chi connectivity index (χ4v) is 4.64. The number of carbonyl (C=O) groups excluding carboxylic acids is 1. The van der Waals surface area contributed by atoms with Crippen LogP contribution >= 0.6 is 11.8 Å². The van der Waals surface area contributed by atoms with E-state index in [1.165, 1.54) is 17.3 Å². The molecule has 1 amide bonds. The van der Waals surface area contributed by atoms with Gasteiger partial charge in [-0.3, -0.25) is 14.2 Å². The molecule has 28 heavy (non-hydrogen) atoms. The summed E-state index contributed by atoms with van der Waals surface area (Å²) >= 11 is 1.35. The monoisotopic (exact) mass is 396 g/mol. The molecular formula is C21H24N4O2S. The Balaban J connectivity index is 1.62. The summed E-state index contributed by atoms with van der Waals surface area (Å²) in [6.45, 7) is 6.67. The van der Waals surface area contributed by atoms with Crippen molar-refractivity contribution >= 4 is 34.4 Å². The number of nitrogens with one attached hydrogen (secondary N) is 1. The van der Waals surface area contributed by atoms with Crippen LogP contribution in [0.15, 0.2) is 40.3 Å². The molecule has 2 aromatic heterocycles. The minimum absolute atomic E-state index is 0.0121. The van der Waals surface area contributed by atoms with Gasteiger partial charge in [0.25, 0.3) is 5.56 Å². The van der Waals surface area contributed by atoms with Crippen molar-refractivity contribution in [3.8, 4) is 0 Å². The van der Waals surface area contributed by atoms with Crippen molar-refractivity contribution in [2.24, 2.45) is 0 Å². The Bertz CT molecular complexity index is 1100. The van der Waals surface area contributed by atoms with E-state index in [1.807, 2.05) is 49.9 Å². The number of para-hydroxylation sites is 1. The molecule has 6 nitrogen and oxygen atoms in total. The molecule has 0 saturated heterocycles. The molecule has 0 unspecified atom stereocenters. The van der Waals surface area contributed by atoms with Gasteiger partial charge in [0.2, 0.25) is 5.91 Å². The molecule has 1 N–H and O–H groups in total. The molecule has 3 heterocycles. The summed E-state index contributed by atoms with van der Waals surface area (Å²) in [5.74, 6) is 0.303. The average molecular weight is 397 g/mol. The summed E-state index contributed by atoms with van der Waals surface area (Å²) in [6, 6.07) is 9.91. The van der Waals surface area contributed by atoms with E-state index in [4.69, 9.17) is 4.98 Å². The zero-order chi connectivity index (χ0) is 19.8. The summed E-state index contributed by atoms with van der Waals surface area (Å²) in [7, 11) is 0. The van der Waals surface area contributed by atoms with E-state index in [0.717, 1.165) is 24.2 Å². The third kappa shape index (κ3) is 3.24. The largest absolute Gasteiger partial charge is 0.353 e. The lowest BCUT2D eigenvalue weighted by molar-refractivity contribution is -0.116. The SMILES string of the molecule is CC[C@@H](C)n1c(SCC(=O)N2CCc3ccccc32)nc2cc(C)[nH]c2c1=O. The maximum Gasteiger partial charge on any atom is 0.278 e. The molecule has 0 bridgehead atoms. The van der Waals surface area contributed by atoms with Crippen LogP contribution in [-0.4, -0.2) is 32.7 Å². The number of thioether (sulfide) groups is 1. The minimum Gasteiger partial charge on any atom is -0.353 e. The van der Waals surface area contributed by atoms with Gasteiger partial charge in [-0.15, -0.1) is 0 Å². The minimum atomic E-state index is -0.0751. The zero-order valence-electron chi connectivity index (χ0n) is 16.4. The molecule has 0 radical (unpaired) electrons. The number of hydrogen-bond donors (Lipinski definition) is 1. The molecule has 0 saturated carbocycles. The van der Waals surface area contributed by atoms with Gasteiger partial charge in [0, 0.05) is 24.0 Å². The molecule has 0 fully saturated rings. The molecule has 146 valence electrons. The number of H-pyrrole nitrogens is 1. The predicted molar refractivity (Wildman–Crippen MR) is 113 cm³/mol. The van der Waals surface area contributed by atoms with Crippen molar-refractivity contribution in [3.63, 3.8) is 0 Å². The molecule has 4 rings (SSSR count). The maximum absolute atomic E-state index is 13.0. The van der Waals surface area contributed by atoms with E-state index in [1.54, 1.807) is 4.57 Å². The number of benzene rings is 1. The van der Waals surface area contributed by atoms with Gasteiger partial charge >= 0.3 is 0 Å². The van der Waals surface area contributed by atoms with Gasteiger partial charge in [0.1, 0.15) is 5.52 Å². The average Bonchev–Trinajstić information content (AvgIpc) is 3.28. The number of rotatable bonds is 5. The fourth-order valence-electron chi connectivity index (χ4n) is 3.66. The van der Waals surface area contributed by atoms with E-state index >= 15 is 0 Å². The van der Waals surface area contributed by atoms with Crippen LogP contribution in [0.4, 0.5) is 5.69 Å². The zero-order valence-corrected chi connectivity index (χ0v) is 17.2. The summed E-state index contributed by atoms with van der Waals surface area (Å²) in [6.07, 6.45) is 1.70. The second-order valence-corrected chi connectivity index (χ2v) is 8.19. The normalized spacial score (nSPS) is 14.5. The first kappa shape index (κ1) is 18.8. The Hall–Kier alpha value is -2.54. The van der Waals surface area contributed by atoms with Gasteiger partial charge in [-0.05, 0) is 44.4 Å². The third-order valence-corrected chi connectivity index (χ3v) is 6.27. The highest BCUT2D eigenvalue weighted by atomic mass is 32.2. The maximum atomic E-state index is 13.0. The van der Waals surface area contributed by atoms with Gasteiger partial charge in [-0.2, -0.15) is 0 Å². The van der Waals surface area contributed by atoms with Crippen LogP contribution in [0, 0.1) is 6.92 Å².